The van der Waals surface area contributed by atoms with Crippen LogP contribution in [0.2, 0.25) is 0 Å². The van der Waals surface area contributed by atoms with E-state index in [1.54, 1.807) is 18.0 Å². The molecule has 2 heterocycles. The number of nitrogens with zero attached hydrogens (tertiary/aromatic N) is 1. The second kappa shape index (κ2) is 8.17. The van der Waals surface area contributed by atoms with E-state index in [1.165, 1.54) is 0 Å². The van der Waals surface area contributed by atoms with Gasteiger partial charge in [-0.2, -0.15) is 11.8 Å². The standard InChI is InChI=1S/C14H21N3OS/c18-14(17-12-5-3-7-15-10-12)6-9-19-11-13-4-1-2-8-16-13/h1-2,4,8,12,15H,3,5-7,9-11H2,(H,17,18). The molecule has 0 saturated carbocycles. The van der Waals surface area contributed by atoms with Crippen LogP contribution in [-0.4, -0.2) is 35.8 Å². The van der Waals surface area contributed by atoms with Crippen molar-refractivity contribution >= 4 is 17.7 Å². The molecule has 1 saturated heterocycles. The minimum atomic E-state index is 0.169. The van der Waals surface area contributed by atoms with Gasteiger partial charge < -0.3 is 10.6 Å². The van der Waals surface area contributed by atoms with Gasteiger partial charge in [-0.15, -0.1) is 0 Å². The lowest BCUT2D eigenvalue weighted by Gasteiger charge is -2.23. The third-order valence-corrected chi connectivity index (χ3v) is 4.10. The first-order valence-corrected chi connectivity index (χ1v) is 7.98. The van der Waals surface area contributed by atoms with Crippen molar-refractivity contribution < 1.29 is 4.79 Å². The monoisotopic (exact) mass is 279 g/mol. The Morgan fingerprint density at radius 3 is 3.21 bits per heavy atom. The Morgan fingerprint density at radius 1 is 1.53 bits per heavy atom. The van der Waals surface area contributed by atoms with Crippen molar-refractivity contribution in [1.82, 2.24) is 15.6 Å². The van der Waals surface area contributed by atoms with Crippen LogP contribution in [0, 0.1) is 0 Å². The molecular weight excluding hydrogens is 258 g/mol. The van der Waals surface area contributed by atoms with Gasteiger partial charge in [0.2, 0.25) is 5.91 Å². The Hall–Kier alpha value is -1.07. The number of nitrogens with one attached hydrogen (secondary N) is 2. The quantitative estimate of drug-likeness (QED) is 0.776. The Balaban J connectivity index is 1.56. The summed E-state index contributed by atoms with van der Waals surface area (Å²) in [6.07, 6.45) is 4.64. The number of carbonyl (C=O) groups excluding carboxylic acids is 1. The van der Waals surface area contributed by atoms with Crippen LogP contribution in [0.1, 0.15) is 25.0 Å². The van der Waals surface area contributed by atoms with Crippen LogP contribution >= 0.6 is 11.8 Å². The molecule has 1 unspecified atom stereocenters. The van der Waals surface area contributed by atoms with Crippen LogP contribution < -0.4 is 10.6 Å². The smallest absolute Gasteiger partial charge is 0.221 e. The van der Waals surface area contributed by atoms with Crippen LogP contribution in [0.25, 0.3) is 0 Å². The van der Waals surface area contributed by atoms with Crippen LogP contribution in [0.15, 0.2) is 24.4 Å². The largest absolute Gasteiger partial charge is 0.352 e. The molecule has 1 fully saturated rings. The fourth-order valence-corrected chi connectivity index (χ4v) is 2.95. The summed E-state index contributed by atoms with van der Waals surface area (Å²) >= 11 is 1.76. The maximum absolute atomic E-state index is 11.8. The molecule has 0 spiro atoms. The highest BCUT2D eigenvalue weighted by Crippen LogP contribution is 2.10. The lowest BCUT2D eigenvalue weighted by atomic mass is 10.1. The SMILES string of the molecule is O=C(CCSCc1ccccn1)NC1CCCNC1. The van der Waals surface area contributed by atoms with Crippen LogP contribution in [-0.2, 0) is 10.5 Å². The summed E-state index contributed by atoms with van der Waals surface area (Å²) in [5.41, 5.74) is 1.07. The molecule has 0 aliphatic carbocycles. The molecule has 4 nitrogen and oxygen atoms in total. The molecule has 1 aromatic heterocycles. The fraction of sp³-hybridized carbons (Fsp3) is 0.571. The lowest BCUT2D eigenvalue weighted by Crippen LogP contribution is -2.45. The fourth-order valence-electron chi connectivity index (χ4n) is 2.10. The van der Waals surface area contributed by atoms with Gasteiger partial charge in [0, 0.05) is 36.7 Å². The Bertz CT molecular complexity index is 380. The predicted molar refractivity (Wildman–Crippen MR) is 79.1 cm³/mol. The van der Waals surface area contributed by atoms with Crippen molar-refractivity contribution in [2.24, 2.45) is 0 Å². The van der Waals surface area contributed by atoms with Crippen molar-refractivity contribution in [2.45, 2.75) is 31.1 Å². The summed E-state index contributed by atoms with van der Waals surface area (Å²) < 4.78 is 0. The third kappa shape index (κ3) is 5.61. The molecule has 19 heavy (non-hydrogen) atoms. The highest BCUT2D eigenvalue weighted by molar-refractivity contribution is 7.98. The molecule has 0 aromatic carbocycles. The highest BCUT2D eigenvalue weighted by Gasteiger charge is 2.14. The molecule has 1 atom stereocenters. The summed E-state index contributed by atoms with van der Waals surface area (Å²) in [7, 11) is 0. The van der Waals surface area contributed by atoms with Gasteiger partial charge in [-0.3, -0.25) is 9.78 Å². The first-order chi connectivity index (χ1) is 9.34. The Morgan fingerprint density at radius 2 is 2.47 bits per heavy atom. The topological polar surface area (TPSA) is 54.0 Å². The van der Waals surface area contributed by atoms with E-state index in [2.05, 4.69) is 15.6 Å². The molecule has 2 rings (SSSR count). The summed E-state index contributed by atoms with van der Waals surface area (Å²) in [4.78, 5) is 16.0. The van der Waals surface area contributed by atoms with Crippen LogP contribution in [0.3, 0.4) is 0 Å². The summed E-state index contributed by atoms with van der Waals surface area (Å²) in [6.45, 7) is 1.99. The van der Waals surface area contributed by atoms with Gasteiger partial charge in [0.15, 0.2) is 0 Å². The molecule has 1 aromatic rings. The number of pyridine rings is 1. The Labute approximate surface area is 118 Å². The van der Waals surface area contributed by atoms with Crippen molar-refractivity contribution in [3.05, 3.63) is 30.1 Å². The average molecular weight is 279 g/mol. The zero-order chi connectivity index (χ0) is 13.3. The van der Waals surface area contributed by atoms with Crippen molar-refractivity contribution in [1.29, 1.82) is 0 Å². The molecule has 0 bridgehead atoms. The molecule has 2 N–H and O–H groups in total. The van der Waals surface area contributed by atoms with Gasteiger partial charge in [-0.05, 0) is 31.5 Å². The van der Waals surface area contributed by atoms with E-state index in [1.807, 2.05) is 18.2 Å². The first-order valence-electron chi connectivity index (χ1n) is 6.82. The minimum Gasteiger partial charge on any atom is -0.352 e. The second-order valence-electron chi connectivity index (χ2n) is 4.73. The molecule has 0 radical (unpaired) electrons. The zero-order valence-corrected chi connectivity index (χ0v) is 11.9. The summed E-state index contributed by atoms with van der Waals surface area (Å²) in [5.74, 6) is 1.89. The van der Waals surface area contributed by atoms with E-state index in [9.17, 15) is 4.79 Å². The maximum atomic E-state index is 11.8. The van der Waals surface area contributed by atoms with Gasteiger partial charge in [0.25, 0.3) is 0 Å². The van der Waals surface area contributed by atoms with Gasteiger partial charge in [-0.1, -0.05) is 6.07 Å². The number of thioether (sulfide) groups is 1. The molecule has 104 valence electrons. The number of aromatic nitrogens is 1. The molecule has 1 aliphatic rings. The maximum Gasteiger partial charge on any atom is 0.221 e. The van der Waals surface area contributed by atoms with Crippen molar-refractivity contribution in [2.75, 3.05) is 18.8 Å². The third-order valence-electron chi connectivity index (χ3n) is 3.11. The van der Waals surface area contributed by atoms with Gasteiger partial charge in [-0.25, -0.2) is 0 Å². The number of piperidine rings is 1. The first kappa shape index (κ1) is 14.3. The van der Waals surface area contributed by atoms with Gasteiger partial charge in [0.05, 0.1) is 5.69 Å². The molecule has 1 amide bonds. The summed E-state index contributed by atoms with van der Waals surface area (Å²) in [6, 6.07) is 6.24. The van der Waals surface area contributed by atoms with E-state index < -0.39 is 0 Å². The van der Waals surface area contributed by atoms with Gasteiger partial charge in [0.1, 0.15) is 0 Å². The highest BCUT2D eigenvalue weighted by atomic mass is 32.2. The average Bonchev–Trinajstić information content (AvgIpc) is 2.46. The number of hydrogen-bond acceptors (Lipinski definition) is 4. The minimum absolute atomic E-state index is 0.169. The Kier molecular flexibility index (Phi) is 6.17. The van der Waals surface area contributed by atoms with E-state index in [0.717, 1.165) is 43.1 Å². The van der Waals surface area contributed by atoms with E-state index >= 15 is 0 Å². The molecule has 1 aliphatic heterocycles. The van der Waals surface area contributed by atoms with E-state index in [4.69, 9.17) is 0 Å². The number of carbonyl (C=O) groups is 1. The normalized spacial score (nSPS) is 19.1. The van der Waals surface area contributed by atoms with Crippen molar-refractivity contribution in [3.8, 4) is 0 Å². The number of hydrogen-bond donors (Lipinski definition) is 2. The predicted octanol–water partition coefficient (Wildman–Crippen LogP) is 1.57. The van der Waals surface area contributed by atoms with Crippen LogP contribution in [0.4, 0.5) is 0 Å². The lowest BCUT2D eigenvalue weighted by molar-refractivity contribution is -0.121. The van der Waals surface area contributed by atoms with E-state index in [0.29, 0.717) is 12.5 Å². The molecule has 5 heteroatoms. The van der Waals surface area contributed by atoms with Gasteiger partial charge >= 0.3 is 0 Å². The molecular formula is C14H21N3OS. The second-order valence-corrected chi connectivity index (χ2v) is 5.84. The van der Waals surface area contributed by atoms with Crippen LogP contribution in [0.5, 0.6) is 0 Å². The number of rotatable bonds is 6. The van der Waals surface area contributed by atoms with Crippen molar-refractivity contribution in [3.63, 3.8) is 0 Å². The summed E-state index contributed by atoms with van der Waals surface area (Å²) in [5, 5.41) is 6.39. The number of amides is 1. The van der Waals surface area contributed by atoms with E-state index in [-0.39, 0.29) is 5.91 Å². The zero-order valence-electron chi connectivity index (χ0n) is 11.1.